The number of methoxy groups -OCH3 is 1. The van der Waals surface area contributed by atoms with Gasteiger partial charge >= 0.3 is 0 Å². The quantitative estimate of drug-likeness (QED) is 0.490. The second-order valence-electron chi connectivity index (χ2n) is 5.78. The van der Waals surface area contributed by atoms with Crippen molar-refractivity contribution in [3.8, 4) is 17.2 Å². The van der Waals surface area contributed by atoms with Crippen LogP contribution in [0.5, 0.6) is 17.2 Å². The maximum absolute atomic E-state index is 9.04. The molecule has 1 heterocycles. The normalized spacial score (nSPS) is 11.4. The minimum Gasteiger partial charge on any atom is -0.493 e. The third-order valence-corrected chi connectivity index (χ3v) is 4.06. The van der Waals surface area contributed by atoms with Gasteiger partial charge < -0.3 is 24.2 Å². The van der Waals surface area contributed by atoms with Crippen molar-refractivity contribution >= 4 is 10.9 Å². The molecule has 0 aliphatic heterocycles. The summed E-state index contributed by atoms with van der Waals surface area (Å²) in [6.07, 6.45) is 6.05. The fourth-order valence-electron chi connectivity index (χ4n) is 2.68. The van der Waals surface area contributed by atoms with Crippen LogP contribution < -0.4 is 14.2 Å². The molecule has 142 valence electrons. The van der Waals surface area contributed by atoms with Gasteiger partial charge in [-0.05, 0) is 32.0 Å². The molecule has 0 radical (unpaired) electrons. The zero-order valence-corrected chi connectivity index (χ0v) is 15.8. The lowest BCUT2D eigenvalue weighted by Crippen LogP contribution is -2.28. The number of ether oxygens (including phenoxy) is 3. The van der Waals surface area contributed by atoms with E-state index in [1.807, 2.05) is 31.2 Å². The van der Waals surface area contributed by atoms with E-state index in [4.69, 9.17) is 19.3 Å². The molecule has 26 heavy (non-hydrogen) atoms. The number of benzene rings is 1. The van der Waals surface area contributed by atoms with E-state index in [1.54, 1.807) is 19.6 Å². The molecule has 2 rings (SSSR count). The predicted molar refractivity (Wildman–Crippen MR) is 103 cm³/mol. The highest BCUT2D eigenvalue weighted by atomic mass is 16.5. The molecule has 0 aliphatic rings. The Balaban J connectivity index is 2.10. The fraction of sp³-hybridized carbons (Fsp3) is 0.450. The summed E-state index contributed by atoms with van der Waals surface area (Å²) in [4.78, 5) is 6.59. The molecule has 0 aliphatic carbocycles. The van der Waals surface area contributed by atoms with Crippen LogP contribution >= 0.6 is 0 Å². The van der Waals surface area contributed by atoms with Crippen molar-refractivity contribution in [1.82, 2.24) is 9.88 Å². The van der Waals surface area contributed by atoms with Gasteiger partial charge in [0.15, 0.2) is 11.5 Å². The molecule has 0 fully saturated rings. The van der Waals surface area contributed by atoms with E-state index in [0.717, 1.165) is 36.2 Å². The standard InChI is InChI=1S/C20H28N2O4/c1-4-12-25-18-7-8-21-17-15-20(19(24-3)14-16(17)18)26-13-6-9-22(5-2)10-11-23/h4,7-8,12,14-15,23H,5-6,9-11,13H2,1-3H3/b12-4+. The summed E-state index contributed by atoms with van der Waals surface area (Å²) in [6, 6.07) is 5.59. The summed E-state index contributed by atoms with van der Waals surface area (Å²) >= 11 is 0. The minimum atomic E-state index is 0.177. The average Bonchev–Trinajstić information content (AvgIpc) is 2.67. The monoisotopic (exact) mass is 360 g/mol. The number of rotatable bonds is 11. The largest absolute Gasteiger partial charge is 0.493 e. The van der Waals surface area contributed by atoms with E-state index < -0.39 is 0 Å². The van der Waals surface area contributed by atoms with Crippen LogP contribution in [-0.2, 0) is 0 Å². The van der Waals surface area contributed by atoms with Crippen LogP contribution in [0, 0.1) is 0 Å². The molecule has 0 unspecified atom stereocenters. The Labute approximate surface area is 155 Å². The Morgan fingerprint density at radius 1 is 1.19 bits per heavy atom. The van der Waals surface area contributed by atoms with Gasteiger partial charge in [0.25, 0.3) is 0 Å². The summed E-state index contributed by atoms with van der Waals surface area (Å²) < 4.78 is 17.0. The van der Waals surface area contributed by atoms with Gasteiger partial charge in [0.05, 0.1) is 32.1 Å². The second kappa shape index (κ2) is 10.6. The van der Waals surface area contributed by atoms with E-state index in [0.29, 0.717) is 24.7 Å². The van der Waals surface area contributed by atoms with Gasteiger partial charge in [-0.25, -0.2) is 0 Å². The number of aliphatic hydroxyl groups is 1. The van der Waals surface area contributed by atoms with E-state index in [9.17, 15) is 0 Å². The molecule has 0 spiro atoms. The van der Waals surface area contributed by atoms with Crippen LogP contribution in [-0.4, -0.2) is 54.9 Å². The van der Waals surface area contributed by atoms with Crippen LogP contribution in [0.25, 0.3) is 10.9 Å². The lowest BCUT2D eigenvalue weighted by molar-refractivity contribution is 0.188. The van der Waals surface area contributed by atoms with Crippen molar-refractivity contribution < 1.29 is 19.3 Å². The summed E-state index contributed by atoms with van der Waals surface area (Å²) in [5, 5.41) is 9.91. The number of pyridine rings is 1. The maximum Gasteiger partial charge on any atom is 0.163 e. The summed E-state index contributed by atoms with van der Waals surface area (Å²) in [7, 11) is 1.62. The molecule has 2 aromatic rings. The number of aliphatic hydroxyl groups excluding tert-OH is 1. The topological polar surface area (TPSA) is 64.1 Å². The molecule has 1 N–H and O–H groups in total. The molecule has 0 saturated heterocycles. The Kier molecular flexibility index (Phi) is 8.18. The van der Waals surface area contributed by atoms with Crippen molar-refractivity contribution in [3.63, 3.8) is 0 Å². The first-order chi connectivity index (χ1) is 12.7. The molecule has 0 bridgehead atoms. The lowest BCUT2D eigenvalue weighted by Gasteiger charge is -2.19. The van der Waals surface area contributed by atoms with Crippen LogP contribution in [0.2, 0.25) is 0 Å². The molecule has 0 atom stereocenters. The molecule has 6 nitrogen and oxygen atoms in total. The van der Waals surface area contributed by atoms with Crippen LogP contribution in [0.1, 0.15) is 20.3 Å². The highest BCUT2D eigenvalue weighted by Crippen LogP contribution is 2.35. The van der Waals surface area contributed by atoms with E-state index in [1.165, 1.54) is 0 Å². The van der Waals surface area contributed by atoms with Gasteiger partial charge in [0.1, 0.15) is 5.75 Å². The maximum atomic E-state index is 9.04. The van der Waals surface area contributed by atoms with E-state index >= 15 is 0 Å². The molecular formula is C20H28N2O4. The summed E-state index contributed by atoms with van der Waals surface area (Å²) in [5.41, 5.74) is 0.790. The number of fused-ring (bicyclic) bond motifs is 1. The van der Waals surface area contributed by atoms with Crippen molar-refractivity contribution in [2.75, 3.05) is 40.0 Å². The highest BCUT2D eigenvalue weighted by Gasteiger charge is 2.11. The molecule has 0 amide bonds. The number of hydrogen-bond acceptors (Lipinski definition) is 6. The van der Waals surface area contributed by atoms with Crippen LogP contribution in [0.4, 0.5) is 0 Å². The van der Waals surface area contributed by atoms with Gasteiger partial charge in [-0.3, -0.25) is 4.98 Å². The van der Waals surface area contributed by atoms with Crippen molar-refractivity contribution in [2.45, 2.75) is 20.3 Å². The highest BCUT2D eigenvalue weighted by molar-refractivity contribution is 5.88. The molecule has 1 aromatic carbocycles. The number of aromatic nitrogens is 1. The number of hydrogen-bond donors (Lipinski definition) is 1. The van der Waals surface area contributed by atoms with Gasteiger partial charge in [-0.2, -0.15) is 0 Å². The third-order valence-electron chi connectivity index (χ3n) is 4.06. The van der Waals surface area contributed by atoms with Gasteiger partial charge in [-0.1, -0.05) is 13.0 Å². The number of allylic oxidation sites excluding steroid dienone is 1. The van der Waals surface area contributed by atoms with Crippen LogP contribution in [0.15, 0.2) is 36.7 Å². The van der Waals surface area contributed by atoms with Gasteiger partial charge in [0.2, 0.25) is 0 Å². The Hall–Kier alpha value is -2.31. The zero-order valence-electron chi connectivity index (χ0n) is 15.8. The second-order valence-corrected chi connectivity index (χ2v) is 5.78. The minimum absolute atomic E-state index is 0.177. The Morgan fingerprint density at radius 2 is 2.04 bits per heavy atom. The average molecular weight is 360 g/mol. The number of nitrogens with zero attached hydrogens (tertiary/aromatic N) is 2. The fourth-order valence-corrected chi connectivity index (χ4v) is 2.68. The first-order valence-corrected chi connectivity index (χ1v) is 8.94. The molecule has 1 aromatic heterocycles. The predicted octanol–water partition coefficient (Wildman–Crippen LogP) is 3.24. The number of likely N-dealkylation sites (N-methyl/N-ethyl adjacent to an activating group) is 1. The first kappa shape index (κ1) is 20.0. The van der Waals surface area contributed by atoms with E-state index in [2.05, 4.69) is 16.8 Å². The Morgan fingerprint density at radius 3 is 2.73 bits per heavy atom. The molecule has 0 saturated carbocycles. The molecule has 6 heteroatoms. The zero-order chi connectivity index (χ0) is 18.8. The lowest BCUT2D eigenvalue weighted by atomic mass is 10.2. The van der Waals surface area contributed by atoms with Crippen molar-refractivity contribution in [2.24, 2.45) is 0 Å². The van der Waals surface area contributed by atoms with Gasteiger partial charge in [0, 0.05) is 30.7 Å². The van der Waals surface area contributed by atoms with Crippen LogP contribution in [0.3, 0.4) is 0 Å². The first-order valence-electron chi connectivity index (χ1n) is 8.94. The van der Waals surface area contributed by atoms with Crippen molar-refractivity contribution in [1.29, 1.82) is 0 Å². The van der Waals surface area contributed by atoms with Crippen molar-refractivity contribution in [3.05, 3.63) is 36.7 Å². The van der Waals surface area contributed by atoms with Gasteiger partial charge in [-0.15, -0.1) is 0 Å². The van der Waals surface area contributed by atoms with E-state index in [-0.39, 0.29) is 6.61 Å². The molecular weight excluding hydrogens is 332 g/mol. The Bertz CT molecular complexity index is 718. The SMILES string of the molecule is C/C=C/Oc1ccnc2cc(OCCCN(CC)CCO)c(OC)cc12. The summed E-state index contributed by atoms with van der Waals surface area (Å²) in [6.45, 7) is 7.22. The smallest absolute Gasteiger partial charge is 0.163 e. The third kappa shape index (κ3) is 5.34. The summed E-state index contributed by atoms with van der Waals surface area (Å²) in [5.74, 6) is 2.04.